The molecule has 0 aliphatic carbocycles. The number of nitrogens with zero attached hydrogens (tertiary/aromatic N) is 3. The zero-order chi connectivity index (χ0) is 25.1. The van der Waals surface area contributed by atoms with E-state index in [0.29, 0.717) is 28.7 Å². The van der Waals surface area contributed by atoms with Gasteiger partial charge in [0.2, 0.25) is 0 Å². The summed E-state index contributed by atoms with van der Waals surface area (Å²) in [4.78, 5) is 48.7. The predicted molar refractivity (Wildman–Crippen MR) is 139 cm³/mol. The predicted octanol–water partition coefficient (Wildman–Crippen LogP) is 3.34. The van der Waals surface area contributed by atoms with Crippen LogP contribution in [0.15, 0.2) is 57.4 Å². The summed E-state index contributed by atoms with van der Waals surface area (Å²) < 4.78 is 6.51. The number of para-hydroxylation sites is 1. The lowest BCUT2D eigenvalue weighted by Gasteiger charge is -2.25. The maximum atomic E-state index is 14.1. The minimum atomic E-state index is -0.728. The molecular weight excluding hydrogens is 466 g/mol. The molecule has 0 atom stereocenters. The third kappa shape index (κ3) is 4.89. The van der Waals surface area contributed by atoms with Gasteiger partial charge in [-0.15, -0.1) is 11.3 Å². The summed E-state index contributed by atoms with van der Waals surface area (Å²) in [5.41, 5.74) is 6.60. The van der Waals surface area contributed by atoms with E-state index in [1.54, 1.807) is 6.07 Å². The Balaban J connectivity index is 1.92. The zero-order valence-corrected chi connectivity index (χ0v) is 20.6. The van der Waals surface area contributed by atoms with E-state index in [2.05, 4.69) is 4.98 Å². The highest BCUT2D eigenvalue weighted by molar-refractivity contribution is 7.13. The van der Waals surface area contributed by atoms with Gasteiger partial charge in [-0.25, -0.2) is 9.78 Å². The monoisotopic (exact) mass is 493 g/mol. The number of hydrogen-bond acceptors (Lipinski definition) is 7. The first kappa shape index (κ1) is 24.4. The first-order valence-electron chi connectivity index (χ1n) is 11.2. The van der Waals surface area contributed by atoms with E-state index < -0.39 is 17.2 Å². The lowest BCUT2D eigenvalue weighted by atomic mass is 10.1. The number of nitrogens with one attached hydrogen (secondary N) is 1. The molecule has 4 aromatic rings. The molecule has 0 bridgehead atoms. The first-order chi connectivity index (χ1) is 16.8. The van der Waals surface area contributed by atoms with Crippen LogP contribution in [0.2, 0.25) is 0 Å². The molecule has 3 aromatic heterocycles. The molecule has 9 nitrogen and oxygen atoms in total. The van der Waals surface area contributed by atoms with Gasteiger partial charge in [0.15, 0.2) is 5.69 Å². The van der Waals surface area contributed by atoms with Gasteiger partial charge >= 0.3 is 5.69 Å². The first-order valence-corrected chi connectivity index (χ1v) is 12.1. The van der Waals surface area contributed by atoms with Crippen LogP contribution < -0.4 is 21.9 Å². The second kappa shape index (κ2) is 10.2. The fourth-order valence-electron chi connectivity index (χ4n) is 3.93. The van der Waals surface area contributed by atoms with Crippen molar-refractivity contribution in [1.82, 2.24) is 14.5 Å². The molecule has 0 radical (unpaired) electrons. The summed E-state index contributed by atoms with van der Waals surface area (Å²) in [5, 5.41) is 2.59. The normalized spacial score (nSPS) is 11.3. The minimum absolute atomic E-state index is 0.0613. The Labute approximate surface area is 205 Å². The van der Waals surface area contributed by atoms with Crippen molar-refractivity contribution in [1.29, 1.82) is 0 Å². The number of thiophene rings is 1. The Morgan fingerprint density at radius 3 is 2.69 bits per heavy atom. The standard InChI is InChI=1S/C25H27N5O4S/c1-15(2)14-30-22(26)21(23(31)28-25(30)33)29(10-11-34-3)24(32)17-13-19(20-9-6-12-35-20)27-18-8-5-4-7-16(17)18/h4-9,12-13,15H,10-11,14,26H2,1-3H3,(H,28,31,33). The van der Waals surface area contributed by atoms with E-state index >= 15 is 0 Å². The number of nitrogens with two attached hydrogens (primary N) is 1. The van der Waals surface area contributed by atoms with E-state index in [4.69, 9.17) is 15.5 Å². The molecule has 1 aromatic carbocycles. The molecule has 0 unspecified atom stereocenters. The summed E-state index contributed by atoms with van der Waals surface area (Å²) in [7, 11) is 1.51. The van der Waals surface area contributed by atoms with Crippen LogP contribution in [-0.4, -0.2) is 40.7 Å². The van der Waals surface area contributed by atoms with Gasteiger partial charge in [0.1, 0.15) is 5.82 Å². The lowest BCUT2D eigenvalue weighted by Crippen LogP contribution is -2.43. The topological polar surface area (TPSA) is 123 Å². The molecule has 0 saturated heterocycles. The summed E-state index contributed by atoms with van der Waals surface area (Å²) in [6, 6.07) is 12.9. The highest BCUT2D eigenvalue weighted by Crippen LogP contribution is 2.30. The molecule has 1 amide bonds. The maximum absolute atomic E-state index is 14.1. The number of hydrogen-bond donors (Lipinski definition) is 2. The van der Waals surface area contributed by atoms with Gasteiger partial charge in [-0.05, 0) is 29.5 Å². The van der Waals surface area contributed by atoms with Crippen LogP contribution >= 0.6 is 11.3 Å². The van der Waals surface area contributed by atoms with Crippen LogP contribution in [0.4, 0.5) is 11.5 Å². The maximum Gasteiger partial charge on any atom is 0.330 e. The number of H-pyrrole nitrogens is 1. The summed E-state index contributed by atoms with van der Waals surface area (Å²) in [5.74, 6) is -0.409. The number of anilines is 2. The van der Waals surface area contributed by atoms with Gasteiger partial charge in [0.05, 0.1) is 28.3 Å². The summed E-state index contributed by atoms with van der Waals surface area (Å²) in [6.45, 7) is 4.38. The van der Waals surface area contributed by atoms with Crippen molar-refractivity contribution < 1.29 is 9.53 Å². The summed E-state index contributed by atoms with van der Waals surface area (Å²) in [6.07, 6.45) is 0. The third-order valence-corrected chi connectivity index (χ3v) is 6.41. The quantitative estimate of drug-likeness (QED) is 0.388. The fraction of sp³-hybridized carbons (Fsp3) is 0.280. The molecule has 0 aliphatic heterocycles. The van der Waals surface area contributed by atoms with Crippen molar-refractivity contribution >= 4 is 39.7 Å². The Morgan fingerprint density at radius 2 is 2.00 bits per heavy atom. The number of aromatic amines is 1. The number of benzene rings is 1. The van der Waals surface area contributed by atoms with E-state index in [-0.39, 0.29) is 30.6 Å². The molecule has 3 heterocycles. The van der Waals surface area contributed by atoms with Crippen molar-refractivity contribution in [3.8, 4) is 10.6 Å². The smallest absolute Gasteiger partial charge is 0.330 e. The summed E-state index contributed by atoms with van der Waals surface area (Å²) >= 11 is 1.52. The number of nitrogen functional groups attached to an aromatic ring is 1. The van der Waals surface area contributed by atoms with E-state index in [0.717, 1.165) is 4.88 Å². The minimum Gasteiger partial charge on any atom is -0.383 e. The molecule has 182 valence electrons. The number of ether oxygens (including phenoxy) is 1. The van der Waals surface area contributed by atoms with Gasteiger partial charge in [-0.3, -0.25) is 24.0 Å². The highest BCUT2D eigenvalue weighted by atomic mass is 32.1. The van der Waals surface area contributed by atoms with E-state index in [1.165, 1.54) is 27.9 Å². The van der Waals surface area contributed by atoms with Gasteiger partial charge in [-0.2, -0.15) is 0 Å². The van der Waals surface area contributed by atoms with E-state index in [9.17, 15) is 14.4 Å². The number of aromatic nitrogens is 3. The van der Waals surface area contributed by atoms with Crippen molar-refractivity contribution in [2.45, 2.75) is 20.4 Å². The molecule has 3 N–H and O–H groups in total. The van der Waals surface area contributed by atoms with Crippen LogP contribution in [0.1, 0.15) is 24.2 Å². The van der Waals surface area contributed by atoms with Crippen LogP contribution in [-0.2, 0) is 11.3 Å². The average molecular weight is 494 g/mol. The molecule has 4 rings (SSSR count). The van der Waals surface area contributed by atoms with Gasteiger partial charge in [0.25, 0.3) is 11.5 Å². The Bertz CT molecular complexity index is 1470. The van der Waals surface area contributed by atoms with Crippen LogP contribution in [0.3, 0.4) is 0 Å². The zero-order valence-electron chi connectivity index (χ0n) is 19.8. The van der Waals surface area contributed by atoms with Gasteiger partial charge < -0.3 is 10.5 Å². The molecule has 10 heteroatoms. The van der Waals surface area contributed by atoms with E-state index in [1.807, 2.05) is 55.6 Å². The van der Waals surface area contributed by atoms with Crippen LogP contribution in [0, 0.1) is 5.92 Å². The highest BCUT2D eigenvalue weighted by Gasteiger charge is 2.27. The molecule has 0 aliphatic rings. The molecular formula is C25H27N5O4S. The van der Waals surface area contributed by atoms with Crippen LogP contribution in [0.25, 0.3) is 21.5 Å². The molecule has 0 saturated carbocycles. The Kier molecular flexibility index (Phi) is 7.13. The van der Waals surface area contributed by atoms with Crippen molar-refractivity contribution in [2.24, 2.45) is 5.92 Å². The molecule has 0 fully saturated rings. The van der Waals surface area contributed by atoms with Gasteiger partial charge in [-0.1, -0.05) is 38.1 Å². The van der Waals surface area contributed by atoms with Crippen molar-refractivity contribution in [3.05, 3.63) is 74.2 Å². The Hall–Kier alpha value is -3.76. The van der Waals surface area contributed by atoms with Crippen molar-refractivity contribution in [2.75, 3.05) is 30.9 Å². The van der Waals surface area contributed by atoms with Crippen LogP contribution in [0.5, 0.6) is 0 Å². The molecule has 0 spiro atoms. The fourth-order valence-corrected chi connectivity index (χ4v) is 4.62. The number of pyridine rings is 1. The van der Waals surface area contributed by atoms with Gasteiger partial charge in [0, 0.05) is 25.6 Å². The number of carbonyl (C=O) groups is 1. The number of carbonyl (C=O) groups excluding carboxylic acids is 1. The lowest BCUT2D eigenvalue weighted by molar-refractivity contribution is 0.0977. The number of amides is 1. The number of rotatable bonds is 8. The van der Waals surface area contributed by atoms with Crippen molar-refractivity contribution in [3.63, 3.8) is 0 Å². The largest absolute Gasteiger partial charge is 0.383 e. The average Bonchev–Trinajstić information content (AvgIpc) is 3.37. The SMILES string of the molecule is COCCN(C(=O)c1cc(-c2cccs2)nc2ccccc12)c1c(N)n(CC(C)C)c(=O)[nH]c1=O. The third-order valence-electron chi connectivity index (χ3n) is 5.52. The number of fused-ring (bicyclic) bond motifs is 1. The second-order valence-corrected chi connectivity index (χ2v) is 9.44. The molecule has 35 heavy (non-hydrogen) atoms. The second-order valence-electron chi connectivity index (χ2n) is 8.50. The Morgan fingerprint density at radius 1 is 1.23 bits per heavy atom. The number of methoxy groups -OCH3 is 1.